The van der Waals surface area contributed by atoms with Crippen LogP contribution in [0.2, 0.25) is 0 Å². The lowest BCUT2D eigenvalue weighted by Crippen LogP contribution is -2.08. The predicted molar refractivity (Wildman–Crippen MR) is 66.8 cm³/mol. The molecule has 2 rings (SSSR count). The Bertz CT molecular complexity index is 462. The molecule has 90 valence electrons. The summed E-state index contributed by atoms with van der Waals surface area (Å²) in [4.78, 5) is 4.19. The number of nitrogens with zero attached hydrogens (tertiary/aromatic N) is 2. The molecule has 0 atom stereocenters. The molecule has 0 aliphatic heterocycles. The summed E-state index contributed by atoms with van der Waals surface area (Å²) in [5.41, 5.74) is 6.82. The Morgan fingerprint density at radius 3 is 2.71 bits per heavy atom. The average molecular weight is 231 g/mol. The lowest BCUT2D eigenvalue weighted by Gasteiger charge is -2.08. The van der Waals surface area contributed by atoms with Crippen LogP contribution in [0.15, 0.2) is 36.7 Å². The average Bonchev–Trinajstić information content (AvgIpc) is 2.79. The van der Waals surface area contributed by atoms with Crippen molar-refractivity contribution in [1.29, 1.82) is 0 Å². The second-order valence-electron chi connectivity index (χ2n) is 3.75. The fraction of sp³-hybridized carbons (Fsp3) is 0.308. The first-order valence-electron chi connectivity index (χ1n) is 5.75. The Kier molecular flexibility index (Phi) is 3.77. The number of hydrogen-bond acceptors (Lipinski definition) is 3. The molecule has 1 aromatic heterocycles. The van der Waals surface area contributed by atoms with Crippen LogP contribution >= 0.6 is 0 Å². The zero-order valence-electron chi connectivity index (χ0n) is 9.97. The summed E-state index contributed by atoms with van der Waals surface area (Å²) in [6.45, 7) is 3.92. The van der Waals surface area contributed by atoms with Gasteiger partial charge in [-0.05, 0) is 24.6 Å². The van der Waals surface area contributed by atoms with E-state index in [4.69, 9.17) is 10.5 Å². The van der Waals surface area contributed by atoms with Crippen molar-refractivity contribution in [2.45, 2.75) is 20.0 Å². The highest BCUT2D eigenvalue weighted by Crippen LogP contribution is 2.13. The molecule has 4 heteroatoms. The van der Waals surface area contributed by atoms with E-state index in [-0.39, 0.29) is 0 Å². The van der Waals surface area contributed by atoms with Gasteiger partial charge in [-0.25, -0.2) is 4.98 Å². The van der Waals surface area contributed by atoms with Gasteiger partial charge >= 0.3 is 0 Å². The minimum Gasteiger partial charge on any atom is -0.494 e. The minimum atomic E-state index is 0.462. The molecule has 4 nitrogen and oxygen atoms in total. The number of imidazole rings is 1. The van der Waals surface area contributed by atoms with Crippen molar-refractivity contribution in [1.82, 2.24) is 9.55 Å². The Morgan fingerprint density at radius 2 is 2.06 bits per heavy atom. The number of rotatable bonds is 5. The monoisotopic (exact) mass is 231 g/mol. The molecule has 1 heterocycles. The summed E-state index contributed by atoms with van der Waals surface area (Å²) < 4.78 is 7.45. The minimum absolute atomic E-state index is 0.462. The van der Waals surface area contributed by atoms with Gasteiger partial charge in [0, 0.05) is 18.9 Å². The Balaban J connectivity index is 2.08. The van der Waals surface area contributed by atoms with Crippen molar-refractivity contribution >= 4 is 0 Å². The molecule has 17 heavy (non-hydrogen) atoms. The zero-order chi connectivity index (χ0) is 12.1. The molecule has 2 N–H and O–H groups in total. The fourth-order valence-corrected chi connectivity index (χ4v) is 1.73. The topological polar surface area (TPSA) is 53.1 Å². The van der Waals surface area contributed by atoms with Gasteiger partial charge in [0.1, 0.15) is 11.6 Å². The van der Waals surface area contributed by atoms with Crippen LogP contribution in [0.3, 0.4) is 0 Å². The molecule has 0 amide bonds. The van der Waals surface area contributed by atoms with Crippen LogP contribution in [0.5, 0.6) is 5.75 Å². The van der Waals surface area contributed by atoms with Gasteiger partial charge in [-0.2, -0.15) is 0 Å². The van der Waals surface area contributed by atoms with Crippen LogP contribution in [0.4, 0.5) is 0 Å². The van der Waals surface area contributed by atoms with Crippen molar-refractivity contribution in [3.05, 3.63) is 48.0 Å². The quantitative estimate of drug-likeness (QED) is 0.853. The Morgan fingerprint density at radius 1 is 1.29 bits per heavy atom. The molecule has 0 aliphatic rings. The number of benzene rings is 1. The van der Waals surface area contributed by atoms with Crippen molar-refractivity contribution in [3.8, 4) is 5.75 Å². The van der Waals surface area contributed by atoms with Crippen LogP contribution in [0.25, 0.3) is 0 Å². The number of nitrogens with two attached hydrogens (primary N) is 1. The molecule has 0 fully saturated rings. The van der Waals surface area contributed by atoms with E-state index in [2.05, 4.69) is 21.7 Å². The second kappa shape index (κ2) is 5.50. The number of aromatic nitrogens is 2. The summed E-state index contributed by atoms with van der Waals surface area (Å²) in [6, 6.07) is 8.09. The van der Waals surface area contributed by atoms with Gasteiger partial charge in [-0.1, -0.05) is 12.1 Å². The third kappa shape index (κ3) is 2.85. The maximum Gasteiger partial charge on any atom is 0.122 e. The van der Waals surface area contributed by atoms with Gasteiger partial charge < -0.3 is 15.0 Å². The van der Waals surface area contributed by atoms with E-state index in [1.54, 1.807) is 6.20 Å². The summed E-state index contributed by atoms with van der Waals surface area (Å²) in [7, 11) is 0. The van der Waals surface area contributed by atoms with E-state index in [1.165, 1.54) is 5.56 Å². The van der Waals surface area contributed by atoms with Crippen LogP contribution in [-0.2, 0) is 13.1 Å². The molecule has 0 aliphatic carbocycles. The Hall–Kier alpha value is -1.81. The van der Waals surface area contributed by atoms with E-state index >= 15 is 0 Å². The Labute approximate surface area is 101 Å². The standard InChI is InChI=1S/C13H17N3O/c1-2-17-12-5-3-11(4-6-12)10-16-8-7-15-13(16)9-14/h3-8H,2,9-10,14H2,1H3. The van der Waals surface area contributed by atoms with Crippen molar-refractivity contribution in [2.24, 2.45) is 5.73 Å². The van der Waals surface area contributed by atoms with Crippen molar-refractivity contribution in [2.75, 3.05) is 6.61 Å². The van der Waals surface area contributed by atoms with Gasteiger partial charge in [0.2, 0.25) is 0 Å². The summed E-state index contributed by atoms with van der Waals surface area (Å²) in [5, 5.41) is 0. The molecule has 0 saturated carbocycles. The number of ether oxygens (including phenoxy) is 1. The number of hydrogen-bond donors (Lipinski definition) is 1. The first kappa shape index (κ1) is 11.7. The first-order chi connectivity index (χ1) is 8.33. The highest BCUT2D eigenvalue weighted by Gasteiger charge is 2.01. The summed E-state index contributed by atoms with van der Waals surface area (Å²) >= 11 is 0. The molecule has 0 saturated heterocycles. The maximum absolute atomic E-state index is 5.61. The third-order valence-electron chi connectivity index (χ3n) is 2.57. The van der Waals surface area contributed by atoms with E-state index in [0.29, 0.717) is 13.2 Å². The SMILES string of the molecule is CCOc1ccc(Cn2ccnc2CN)cc1. The summed E-state index contributed by atoms with van der Waals surface area (Å²) in [5.74, 6) is 1.81. The molecule has 1 aromatic carbocycles. The van der Waals surface area contributed by atoms with E-state index in [0.717, 1.165) is 18.1 Å². The fourth-order valence-electron chi connectivity index (χ4n) is 1.73. The first-order valence-corrected chi connectivity index (χ1v) is 5.75. The normalized spacial score (nSPS) is 10.5. The highest BCUT2D eigenvalue weighted by atomic mass is 16.5. The molecule has 0 radical (unpaired) electrons. The van der Waals surface area contributed by atoms with Gasteiger partial charge in [-0.15, -0.1) is 0 Å². The second-order valence-corrected chi connectivity index (χ2v) is 3.75. The molecule has 0 bridgehead atoms. The van der Waals surface area contributed by atoms with E-state index in [1.807, 2.05) is 25.3 Å². The summed E-state index contributed by atoms with van der Waals surface area (Å²) in [6.07, 6.45) is 3.72. The van der Waals surface area contributed by atoms with Crippen LogP contribution in [-0.4, -0.2) is 16.2 Å². The third-order valence-corrected chi connectivity index (χ3v) is 2.57. The molecule has 0 unspecified atom stereocenters. The van der Waals surface area contributed by atoms with Crippen LogP contribution < -0.4 is 10.5 Å². The molecule has 0 spiro atoms. The van der Waals surface area contributed by atoms with Gasteiger partial charge in [0.25, 0.3) is 0 Å². The molecule has 2 aromatic rings. The predicted octanol–water partition coefficient (Wildman–Crippen LogP) is 1.79. The van der Waals surface area contributed by atoms with E-state index < -0.39 is 0 Å². The molecular weight excluding hydrogens is 214 g/mol. The van der Waals surface area contributed by atoms with Crippen molar-refractivity contribution in [3.63, 3.8) is 0 Å². The van der Waals surface area contributed by atoms with Gasteiger partial charge in [0.05, 0.1) is 13.2 Å². The lowest BCUT2D eigenvalue weighted by molar-refractivity contribution is 0.340. The van der Waals surface area contributed by atoms with Gasteiger partial charge in [-0.3, -0.25) is 0 Å². The maximum atomic E-state index is 5.61. The van der Waals surface area contributed by atoms with Crippen LogP contribution in [0.1, 0.15) is 18.3 Å². The van der Waals surface area contributed by atoms with E-state index in [9.17, 15) is 0 Å². The largest absolute Gasteiger partial charge is 0.494 e. The lowest BCUT2D eigenvalue weighted by atomic mass is 10.2. The highest BCUT2D eigenvalue weighted by molar-refractivity contribution is 5.27. The van der Waals surface area contributed by atoms with Crippen LogP contribution in [0, 0.1) is 0 Å². The zero-order valence-corrected chi connectivity index (χ0v) is 9.97. The molecular formula is C13H17N3O. The smallest absolute Gasteiger partial charge is 0.122 e. The van der Waals surface area contributed by atoms with Gasteiger partial charge in [0.15, 0.2) is 0 Å². The van der Waals surface area contributed by atoms with Crippen molar-refractivity contribution < 1.29 is 4.74 Å².